The molecule has 1 aromatic heterocycles. The number of thiazole rings is 1. The molecular formula is C17H22N4O2S. The number of nitrogens with one attached hydrogen (secondary N) is 1. The van der Waals surface area contributed by atoms with Crippen molar-refractivity contribution in [3.63, 3.8) is 0 Å². The van der Waals surface area contributed by atoms with Gasteiger partial charge in [-0.3, -0.25) is 4.79 Å². The van der Waals surface area contributed by atoms with Crippen LogP contribution in [0.5, 0.6) is 0 Å². The fourth-order valence-electron chi connectivity index (χ4n) is 2.98. The molecule has 0 radical (unpaired) electrons. The predicted molar refractivity (Wildman–Crippen MR) is 96.4 cm³/mol. The van der Waals surface area contributed by atoms with Crippen molar-refractivity contribution < 1.29 is 9.59 Å². The summed E-state index contributed by atoms with van der Waals surface area (Å²) in [6.07, 6.45) is 1.40. The number of nitrogens with zero attached hydrogens (tertiary/aromatic N) is 3. The highest BCUT2D eigenvalue weighted by molar-refractivity contribution is 7.18. The summed E-state index contributed by atoms with van der Waals surface area (Å²) in [5, 5.41) is 4.03. The van der Waals surface area contributed by atoms with Gasteiger partial charge in [-0.05, 0) is 38.0 Å². The van der Waals surface area contributed by atoms with Crippen LogP contribution in [-0.2, 0) is 4.79 Å². The van der Waals surface area contributed by atoms with Crippen LogP contribution in [-0.4, -0.2) is 53.9 Å². The quantitative estimate of drug-likeness (QED) is 0.909. The Morgan fingerprint density at radius 1 is 1.29 bits per heavy atom. The van der Waals surface area contributed by atoms with Gasteiger partial charge in [0.15, 0.2) is 0 Å². The highest BCUT2D eigenvalue weighted by Gasteiger charge is 2.28. The molecular weight excluding hydrogens is 324 g/mol. The Morgan fingerprint density at radius 2 is 2.00 bits per heavy atom. The van der Waals surface area contributed by atoms with E-state index in [4.69, 9.17) is 0 Å². The van der Waals surface area contributed by atoms with Crippen molar-refractivity contribution in [1.82, 2.24) is 14.8 Å². The summed E-state index contributed by atoms with van der Waals surface area (Å²) < 4.78 is 1.08. The number of anilines is 1. The molecule has 3 amide bonds. The lowest BCUT2D eigenvalue weighted by Crippen LogP contribution is -2.45. The number of piperidine rings is 1. The van der Waals surface area contributed by atoms with Crippen LogP contribution in [0.1, 0.15) is 17.8 Å². The van der Waals surface area contributed by atoms with E-state index in [1.54, 1.807) is 35.2 Å². The third kappa shape index (κ3) is 3.51. The first kappa shape index (κ1) is 16.7. The predicted octanol–water partition coefficient (Wildman–Crippen LogP) is 2.94. The third-order valence-electron chi connectivity index (χ3n) is 4.28. The lowest BCUT2D eigenvalue weighted by Gasteiger charge is -2.33. The largest absolute Gasteiger partial charge is 0.331 e. The molecule has 0 atom stereocenters. The minimum atomic E-state index is -0.0462. The van der Waals surface area contributed by atoms with E-state index in [1.807, 2.05) is 25.1 Å². The minimum absolute atomic E-state index is 0.0138. The number of amides is 3. The number of hydrogen-bond acceptors (Lipinski definition) is 4. The molecule has 7 heteroatoms. The van der Waals surface area contributed by atoms with Gasteiger partial charge in [-0.25, -0.2) is 9.78 Å². The van der Waals surface area contributed by atoms with Crippen LogP contribution in [0.3, 0.4) is 0 Å². The van der Waals surface area contributed by atoms with Crippen LogP contribution in [0.4, 0.5) is 10.5 Å². The number of likely N-dealkylation sites (tertiary alicyclic amines) is 1. The monoisotopic (exact) mass is 346 g/mol. The number of rotatable bonds is 2. The summed E-state index contributed by atoms with van der Waals surface area (Å²) in [5.74, 6) is -0.0114. The second kappa shape index (κ2) is 6.76. The fraction of sp³-hybridized carbons (Fsp3) is 0.471. The van der Waals surface area contributed by atoms with Crippen LogP contribution >= 0.6 is 11.3 Å². The summed E-state index contributed by atoms with van der Waals surface area (Å²) in [7, 11) is 3.50. The van der Waals surface area contributed by atoms with Gasteiger partial charge in [0.05, 0.1) is 15.2 Å². The standard InChI is InChI=1S/C17H22N4O2S/c1-11-18-14-5-4-13(10-15(14)24-11)19-16(22)12-6-8-21(9-7-12)17(23)20(2)3/h4-5,10,12H,6-9H2,1-3H3,(H,19,22). The molecule has 128 valence electrons. The molecule has 0 saturated carbocycles. The molecule has 2 heterocycles. The van der Waals surface area contributed by atoms with Crippen molar-refractivity contribution in [3.05, 3.63) is 23.2 Å². The van der Waals surface area contributed by atoms with Crippen LogP contribution < -0.4 is 5.32 Å². The molecule has 0 bridgehead atoms. The Kier molecular flexibility index (Phi) is 4.71. The van der Waals surface area contributed by atoms with Gasteiger partial charge in [0.1, 0.15) is 0 Å². The first-order valence-electron chi connectivity index (χ1n) is 8.08. The molecule has 2 aromatic rings. The summed E-state index contributed by atoms with van der Waals surface area (Å²) in [6.45, 7) is 3.23. The number of urea groups is 1. The molecule has 0 aliphatic carbocycles. The van der Waals surface area contributed by atoms with E-state index in [-0.39, 0.29) is 17.9 Å². The van der Waals surface area contributed by atoms with Crippen molar-refractivity contribution in [2.75, 3.05) is 32.5 Å². The van der Waals surface area contributed by atoms with Gasteiger partial charge in [0, 0.05) is 38.8 Å². The van der Waals surface area contributed by atoms with E-state index in [0.717, 1.165) is 20.9 Å². The van der Waals surface area contributed by atoms with Crippen LogP contribution in [0.2, 0.25) is 0 Å². The van der Waals surface area contributed by atoms with Crippen molar-refractivity contribution in [2.24, 2.45) is 5.92 Å². The van der Waals surface area contributed by atoms with E-state index < -0.39 is 0 Å². The maximum Gasteiger partial charge on any atom is 0.319 e. The Labute approximate surface area is 145 Å². The van der Waals surface area contributed by atoms with Crippen LogP contribution in [0, 0.1) is 12.8 Å². The van der Waals surface area contributed by atoms with E-state index in [9.17, 15) is 9.59 Å². The number of carbonyl (C=O) groups is 2. The molecule has 1 aliphatic rings. The molecule has 1 fully saturated rings. The first-order valence-corrected chi connectivity index (χ1v) is 8.90. The van der Waals surface area contributed by atoms with Crippen LogP contribution in [0.15, 0.2) is 18.2 Å². The van der Waals surface area contributed by atoms with Crippen LogP contribution in [0.25, 0.3) is 10.2 Å². The number of aromatic nitrogens is 1. The smallest absolute Gasteiger partial charge is 0.319 e. The molecule has 1 N–H and O–H groups in total. The number of hydrogen-bond donors (Lipinski definition) is 1. The normalized spacial score (nSPS) is 15.5. The van der Waals surface area contributed by atoms with E-state index in [0.29, 0.717) is 25.9 Å². The third-order valence-corrected chi connectivity index (χ3v) is 5.22. The maximum atomic E-state index is 12.5. The second-order valence-corrected chi connectivity index (χ2v) is 7.58. The van der Waals surface area contributed by atoms with Gasteiger partial charge in [-0.15, -0.1) is 11.3 Å². The zero-order valence-electron chi connectivity index (χ0n) is 14.2. The number of aryl methyl sites for hydroxylation is 1. The van der Waals surface area contributed by atoms with Crippen molar-refractivity contribution in [2.45, 2.75) is 19.8 Å². The van der Waals surface area contributed by atoms with Gasteiger partial charge < -0.3 is 15.1 Å². The van der Waals surface area contributed by atoms with Crippen molar-refractivity contribution in [1.29, 1.82) is 0 Å². The fourth-order valence-corrected chi connectivity index (χ4v) is 3.84. The maximum absolute atomic E-state index is 12.5. The number of fused-ring (bicyclic) bond motifs is 1. The Bertz CT molecular complexity index is 763. The van der Waals surface area contributed by atoms with Crippen molar-refractivity contribution >= 4 is 39.2 Å². The zero-order valence-corrected chi connectivity index (χ0v) is 15.0. The van der Waals surface area contributed by atoms with Gasteiger partial charge >= 0.3 is 6.03 Å². The van der Waals surface area contributed by atoms with Gasteiger partial charge in [0.25, 0.3) is 0 Å². The lowest BCUT2D eigenvalue weighted by molar-refractivity contribution is -0.121. The molecule has 0 unspecified atom stereocenters. The van der Waals surface area contributed by atoms with Gasteiger partial charge in [0.2, 0.25) is 5.91 Å². The number of carbonyl (C=O) groups excluding carboxylic acids is 2. The molecule has 1 saturated heterocycles. The Hall–Kier alpha value is -2.15. The lowest BCUT2D eigenvalue weighted by atomic mass is 9.96. The van der Waals surface area contributed by atoms with Crippen molar-refractivity contribution in [3.8, 4) is 0 Å². The summed E-state index contributed by atoms with van der Waals surface area (Å²) in [4.78, 5) is 32.2. The number of benzene rings is 1. The van der Waals surface area contributed by atoms with E-state index in [1.165, 1.54) is 0 Å². The Morgan fingerprint density at radius 3 is 2.67 bits per heavy atom. The molecule has 1 aromatic carbocycles. The van der Waals surface area contributed by atoms with Gasteiger partial charge in [-0.1, -0.05) is 0 Å². The summed E-state index contributed by atoms with van der Waals surface area (Å²) >= 11 is 1.62. The molecule has 0 spiro atoms. The van der Waals surface area contributed by atoms with Gasteiger partial charge in [-0.2, -0.15) is 0 Å². The highest BCUT2D eigenvalue weighted by Crippen LogP contribution is 2.26. The molecule has 3 rings (SSSR count). The topological polar surface area (TPSA) is 65.5 Å². The average Bonchev–Trinajstić information content (AvgIpc) is 2.93. The first-order chi connectivity index (χ1) is 11.4. The minimum Gasteiger partial charge on any atom is -0.331 e. The molecule has 24 heavy (non-hydrogen) atoms. The average molecular weight is 346 g/mol. The molecule has 1 aliphatic heterocycles. The Balaban J connectivity index is 1.60. The highest BCUT2D eigenvalue weighted by atomic mass is 32.1. The molecule has 6 nitrogen and oxygen atoms in total. The summed E-state index contributed by atoms with van der Waals surface area (Å²) in [6, 6.07) is 5.82. The second-order valence-electron chi connectivity index (χ2n) is 6.34. The SMILES string of the molecule is Cc1nc2ccc(NC(=O)C3CCN(C(=O)N(C)C)CC3)cc2s1. The zero-order chi connectivity index (χ0) is 17.3. The summed E-state index contributed by atoms with van der Waals surface area (Å²) in [5.41, 5.74) is 1.77. The van der Waals surface area contributed by atoms with E-state index >= 15 is 0 Å². The van der Waals surface area contributed by atoms with E-state index in [2.05, 4.69) is 10.3 Å².